The number of nitrogens with zero attached hydrogens (tertiary/aromatic N) is 3. The van der Waals surface area contributed by atoms with Crippen LogP contribution in [0.15, 0.2) is 78.9 Å². The van der Waals surface area contributed by atoms with Crippen LogP contribution < -0.4 is 9.96 Å². The van der Waals surface area contributed by atoms with Gasteiger partial charge in [0.15, 0.2) is 6.10 Å². The summed E-state index contributed by atoms with van der Waals surface area (Å²) < 4.78 is 0. The molecule has 0 aromatic heterocycles. The number of benzene rings is 3. The standard InChI is InChI=1S/C23H16ClN3O5/c24-15-9-11-16(12-10-15)25-22(28)19-20(14-5-2-1-3-6-14)26(32-21(19)23(25)29)17-7-4-8-18(13-17)27(30)31/h1-13,19-21H. The first-order chi connectivity index (χ1) is 15.5. The number of anilines is 2. The molecule has 2 aliphatic rings. The number of carbonyl (C=O) groups excluding carboxylic acids is 2. The van der Waals surface area contributed by atoms with Crippen LogP contribution in [0.4, 0.5) is 17.1 Å². The van der Waals surface area contributed by atoms with Gasteiger partial charge < -0.3 is 0 Å². The average Bonchev–Trinajstić information content (AvgIpc) is 3.31. The van der Waals surface area contributed by atoms with Crippen LogP contribution in [-0.4, -0.2) is 22.8 Å². The molecule has 3 aromatic carbocycles. The van der Waals surface area contributed by atoms with Crippen molar-refractivity contribution in [3.05, 3.63) is 99.6 Å². The van der Waals surface area contributed by atoms with Crippen LogP contribution in [0.25, 0.3) is 0 Å². The second-order valence-electron chi connectivity index (χ2n) is 7.50. The summed E-state index contributed by atoms with van der Waals surface area (Å²) in [5.41, 5.74) is 1.44. The summed E-state index contributed by atoms with van der Waals surface area (Å²) in [6.45, 7) is 0. The van der Waals surface area contributed by atoms with E-state index in [0.717, 1.165) is 10.5 Å². The molecule has 32 heavy (non-hydrogen) atoms. The van der Waals surface area contributed by atoms with Crippen molar-refractivity contribution in [2.45, 2.75) is 12.1 Å². The van der Waals surface area contributed by atoms with Gasteiger partial charge in [-0.05, 0) is 35.9 Å². The van der Waals surface area contributed by atoms with Crippen LogP contribution in [0.1, 0.15) is 11.6 Å². The minimum absolute atomic E-state index is 0.115. The lowest BCUT2D eigenvalue weighted by molar-refractivity contribution is -0.384. The maximum atomic E-state index is 13.5. The molecular formula is C23H16ClN3O5. The Balaban J connectivity index is 1.58. The highest BCUT2D eigenvalue weighted by Crippen LogP contribution is 2.47. The van der Waals surface area contributed by atoms with E-state index in [-0.39, 0.29) is 5.69 Å². The predicted molar refractivity (Wildman–Crippen MR) is 117 cm³/mol. The Labute approximate surface area is 187 Å². The third-order valence-electron chi connectivity index (χ3n) is 5.64. The first-order valence-corrected chi connectivity index (χ1v) is 10.2. The van der Waals surface area contributed by atoms with Crippen molar-refractivity contribution in [2.24, 2.45) is 5.92 Å². The summed E-state index contributed by atoms with van der Waals surface area (Å²) >= 11 is 5.94. The van der Waals surface area contributed by atoms with Crippen molar-refractivity contribution >= 4 is 40.5 Å². The number of non-ortho nitro benzene ring substituents is 1. The van der Waals surface area contributed by atoms with Crippen LogP contribution in [0, 0.1) is 16.0 Å². The van der Waals surface area contributed by atoms with E-state index < -0.39 is 34.8 Å². The molecule has 3 unspecified atom stereocenters. The summed E-state index contributed by atoms with van der Waals surface area (Å²) in [4.78, 5) is 44.6. The lowest BCUT2D eigenvalue weighted by Crippen LogP contribution is -2.37. The molecule has 0 spiro atoms. The van der Waals surface area contributed by atoms with E-state index >= 15 is 0 Å². The molecular weight excluding hydrogens is 434 g/mol. The zero-order chi connectivity index (χ0) is 22.4. The Kier molecular flexibility index (Phi) is 4.88. The molecule has 9 heteroatoms. The normalized spacial score (nSPS) is 22.3. The third-order valence-corrected chi connectivity index (χ3v) is 5.89. The van der Waals surface area contributed by atoms with E-state index in [0.29, 0.717) is 16.4 Å². The fourth-order valence-corrected chi connectivity index (χ4v) is 4.34. The third kappa shape index (κ3) is 3.21. The summed E-state index contributed by atoms with van der Waals surface area (Å²) in [6.07, 6.45) is -1.05. The zero-order valence-electron chi connectivity index (χ0n) is 16.5. The van der Waals surface area contributed by atoms with Gasteiger partial charge in [-0.15, -0.1) is 0 Å². The number of amides is 2. The van der Waals surface area contributed by atoms with Gasteiger partial charge in [0.05, 0.1) is 22.3 Å². The maximum absolute atomic E-state index is 13.5. The maximum Gasteiger partial charge on any atom is 0.271 e. The lowest BCUT2D eigenvalue weighted by Gasteiger charge is -2.28. The van der Waals surface area contributed by atoms with Crippen LogP contribution >= 0.6 is 11.6 Å². The Morgan fingerprint density at radius 1 is 0.875 bits per heavy atom. The number of hydrogen-bond donors (Lipinski definition) is 0. The molecule has 2 heterocycles. The number of hydroxylamine groups is 1. The SMILES string of the molecule is O=C1C2ON(c3cccc([N+](=O)[O-])c3)C(c3ccccc3)C2C(=O)N1c1ccc(Cl)cc1. The van der Waals surface area contributed by atoms with E-state index in [1.165, 1.54) is 23.3 Å². The number of carbonyl (C=O) groups is 2. The minimum Gasteiger partial charge on any atom is -0.273 e. The van der Waals surface area contributed by atoms with Gasteiger partial charge in [0.25, 0.3) is 11.6 Å². The van der Waals surface area contributed by atoms with Crippen molar-refractivity contribution in [2.75, 3.05) is 9.96 Å². The summed E-state index contributed by atoms with van der Waals surface area (Å²) in [5, 5.41) is 13.2. The second kappa shape index (κ2) is 7.74. The molecule has 2 saturated heterocycles. The summed E-state index contributed by atoms with van der Waals surface area (Å²) in [5.74, 6) is -1.71. The molecule has 0 aliphatic carbocycles. The number of nitro groups is 1. The molecule has 2 amide bonds. The number of nitro benzene ring substituents is 1. The number of hydrogen-bond acceptors (Lipinski definition) is 6. The van der Waals surface area contributed by atoms with E-state index in [9.17, 15) is 19.7 Å². The van der Waals surface area contributed by atoms with E-state index in [1.54, 1.807) is 30.3 Å². The average molecular weight is 450 g/mol. The lowest BCUT2D eigenvalue weighted by atomic mass is 9.90. The van der Waals surface area contributed by atoms with Crippen molar-refractivity contribution in [1.82, 2.24) is 0 Å². The zero-order valence-corrected chi connectivity index (χ0v) is 17.3. The molecule has 2 aliphatic heterocycles. The van der Waals surface area contributed by atoms with Crippen LogP contribution in [-0.2, 0) is 14.4 Å². The predicted octanol–water partition coefficient (Wildman–Crippen LogP) is 4.30. The van der Waals surface area contributed by atoms with Gasteiger partial charge in [-0.25, -0.2) is 9.96 Å². The second-order valence-corrected chi connectivity index (χ2v) is 7.93. The molecule has 8 nitrogen and oxygen atoms in total. The van der Waals surface area contributed by atoms with Crippen molar-refractivity contribution in [3.63, 3.8) is 0 Å². The van der Waals surface area contributed by atoms with Gasteiger partial charge >= 0.3 is 0 Å². The fraction of sp³-hybridized carbons (Fsp3) is 0.130. The van der Waals surface area contributed by atoms with Crippen LogP contribution in [0.3, 0.4) is 0 Å². The van der Waals surface area contributed by atoms with Gasteiger partial charge in [0.2, 0.25) is 5.91 Å². The van der Waals surface area contributed by atoms with E-state index in [2.05, 4.69) is 0 Å². The molecule has 0 radical (unpaired) electrons. The smallest absolute Gasteiger partial charge is 0.271 e. The molecule has 3 aromatic rings. The van der Waals surface area contributed by atoms with Crippen LogP contribution in [0.2, 0.25) is 5.02 Å². The highest BCUT2D eigenvalue weighted by molar-refractivity contribution is 6.31. The van der Waals surface area contributed by atoms with Crippen molar-refractivity contribution in [1.29, 1.82) is 0 Å². The monoisotopic (exact) mass is 449 g/mol. The summed E-state index contributed by atoms with van der Waals surface area (Å²) in [6, 6.07) is 20.9. The molecule has 2 fully saturated rings. The molecule has 3 atom stereocenters. The number of rotatable bonds is 4. The van der Waals surface area contributed by atoms with Gasteiger partial charge in [0, 0.05) is 17.2 Å². The number of fused-ring (bicyclic) bond motifs is 1. The summed E-state index contributed by atoms with van der Waals surface area (Å²) in [7, 11) is 0. The minimum atomic E-state index is -1.05. The van der Waals surface area contributed by atoms with E-state index in [1.807, 2.05) is 30.3 Å². The first kappa shape index (κ1) is 20.2. The van der Waals surface area contributed by atoms with Gasteiger partial charge in [-0.1, -0.05) is 48.0 Å². The topological polar surface area (TPSA) is 93.0 Å². The Morgan fingerprint density at radius 2 is 1.59 bits per heavy atom. The highest BCUT2D eigenvalue weighted by Gasteiger charge is 2.60. The molecule has 0 N–H and O–H groups in total. The van der Waals surface area contributed by atoms with E-state index in [4.69, 9.17) is 16.4 Å². The Morgan fingerprint density at radius 3 is 2.28 bits per heavy atom. The molecule has 0 bridgehead atoms. The van der Waals surface area contributed by atoms with Gasteiger partial charge in [-0.3, -0.25) is 24.5 Å². The molecule has 160 valence electrons. The van der Waals surface area contributed by atoms with Crippen molar-refractivity contribution < 1.29 is 19.3 Å². The Bertz CT molecular complexity index is 1220. The molecule has 5 rings (SSSR count). The fourth-order valence-electron chi connectivity index (χ4n) is 4.22. The van der Waals surface area contributed by atoms with Gasteiger partial charge in [-0.2, -0.15) is 0 Å². The van der Waals surface area contributed by atoms with Gasteiger partial charge in [0.1, 0.15) is 5.92 Å². The Hall–Kier alpha value is -3.75. The first-order valence-electron chi connectivity index (χ1n) is 9.84. The largest absolute Gasteiger partial charge is 0.273 e. The quantitative estimate of drug-likeness (QED) is 0.335. The molecule has 0 saturated carbocycles. The highest BCUT2D eigenvalue weighted by atomic mass is 35.5. The van der Waals surface area contributed by atoms with Crippen molar-refractivity contribution in [3.8, 4) is 0 Å². The van der Waals surface area contributed by atoms with Crippen LogP contribution in [0.5, 0.6) is 0 Å². The number of halogens is 1. The number of imide groups is 1.